The Balaban J connectivity index is 1.43. The monoisotopic (exact) mass is 574 g/mol. The summed E-state index contributed by atoms with van der Waals surface area (Å²) in [5.41, 5.74) is 1.61. The number of esters is 2. The van der Waals surface area contributed by atoms with Gasteiger partial charge in [-0.25, -0.2) is 4.79 Å². The molecule has 5 N–H and O–H groups in total. The molecule has 8 atom stereocenters. The first-order valence-corrected chi connectivity index (χ1v) is 13.2. The lowest BCUT2D eigenvalue weighted by Gasteiger charge is -2.41. The highest BCUT2D eigenvalue weighted by Gasteiger charge is 2.47. The third-order valence-electron chi connectivity index (χ3n) is 7.35. The Hall–Kier alpha value is -3.39. The van der Waals surface area contributed by atoms with Gasteiger partial charge in [-0.1, -0.05) is 24.8 Å². The molecule has 3 aliphatic rings. The number of aliphatic hydroxyl groups excluding tert-OH is 4. The molecule has 0 spiro atoms. The summed E-state index contributed by atoms with van der Waals surface area (Å²) in [7, 11) is 0. The number of aliphatic hydroxyl groups is 4. The first kappa shape index (κ1) is 30.6. The van der Waals surface area contributed by atoms with E-state index in [1.807, 2.05) is 0 Å². The fourth-order valence-corrected chi connectivity index (χ4v) is 5.12. The van der Waals surface area contributed by atoms with E-state index in [0.717, 1.165) is 0 Å². The number of phenols is 1. The molecule has 12 nitrogen and oxygen atoms in total. The molecule has 0 saturated carbocycles. The largest absolute Gasteiger partial charge is 0.508 e. The highest BCUT2D eigenvalue weighted by molar-refractivity contribution is 5.91. The van der Waals surface area contributed by atoms with Crippen LogP contribution in [-0.2, 0) is 39.8 Å². The number of hydrogen-bond donors (Lipinski definition) is 5. The van der Waals surface area contributed by atoms with Crippen LogP contribution in [0.5, 0.6) is 5.75 Å². The Morgan fingerprint density at radius 1 is 1.15 bits per heavy atom. The van der Waals surface area contributed by atoms with Gasteiger partial charge < -0.3 is 44.5 Å². The van der Waals surface area contributed by atoms with E-state index in [0.29, 0.717) is 35.8 Å². The zero-order valence-electron chi connectivity index (χ0n) is 22.2. The van der Waals surface area contributed by atoms with Crippen LogP contribution < -0.4 is 0 Å². The van der Waals surface area contributed by atoms with Crippen LogP contribution in [0.2, 0.25) is 0 Å². The standard InChI is InChI=1S/C29H34O12/c1-15-24-20(33)9-17(12-30)3-2-4-18(10-21(24)39-28(15)37)14-38-29-26(36)25(35)27(22(13-31)40-29)41-23(34)11-16-5-7-19(32)8-6-16/h3,5-8,10,12,20-22,24-27,29,31-33,35-36H,1-2,4,9,11,13-14H2/b17-3+,18-10-/t20-,21+,22?,24+,25?,26?,27?,29?/m0/s1. The van der Waals surface area contributed by atoms with E-state index in [1.165, 1.54) is 24.3 Å². The van der Waals surface area contributed by atoms with Crippen molar-refractivity contribution in [3.05, 3.63) is 65.3 Å². The summed E-state index contributed by atoms with van der Waals surface area (Å²) >= 11 is 0. The molecular formula is C29H34O12. The summed E-state index contributed by atoms with van der Waals surface area (Å²) in [5, 5.41) is 51.4. The lowest BCUT2D eigenvalue weighted by molar-refractivity contribution is -0.301. The molecule has 1 aromatic rings. The summed E-state index contributed by atoms with van der Waals surface area (Å²) in [6.07, 6.45) is -4.61. The van der Waals surface area contributed by atoms with Crippen molar-refractivity contribution in [2.24, 2.45) is 5.92 Å². The smallest absolute Gasteiger partial charge is 0.334 e. The number of carbonyl (C=O) groups is 3. The maximum Gasteiger partial charge on any atom is 0.334 e. The van der Waals surface area contributed by atoms with Crippen molar-refractivity contribution in [2.75, 3.05) is 13.2 Å². The Bertz CT molecular complexity index is 1190. The van der Waals surface area contributed by atoms with E-state index < -0.39 is 67.4 Å². The van der Waals surface area contributed by atoms with Crippen molar-refractivity contribution in [1.29, 1.82) is 0 Å². The number of phenolic OH excluding ortho intramolecular Hbond substituents is 1. The van der Waals surface area contributed by atoms with Crippen LogP contribution in [0.1, 0.15) is 24.8 Å². The first-order chi connectivity index (χ1) is 19.6. The number of carbonyl (C=O) groups excluding carboxylic acids is 3. The van der Waals surface area contributed by atoms with Gasteiger partial charge in [0.15, 0.2) is 12.4 Å². The Morgan fingerprint density at radius 2 is 1.88 bits per heavy atom. The molecular weight excluding hydrogens is 540 g/mol. The molecule has 222 valence electrons. The Kier molecular flexibility index (Phi) is 10.1. The number of benzene rings is 1. The van der Waals surface area contributed by atoms with Gasteiger partial charge in [-0.2, -0.15) is 0 Å². The van der Waals surface area contributed by atoms with Crippen LogP contribution in [0.4, 0.5) is 0 Å². The molecule has 2 aliphatic heterocycles. The SMILES string of the molecule is C=C1C(=O)O[C@@H]2/C=C(\COC3OC(CO)C(OC(=O)Cc4ccc(O)cc4)C(O)C3O)CC/C=C(/C=O)C[C@H](O)[C@@H]12. The second-order valence-corrected chi connectivity index (χ2v) is 10.3. The van der Waals surface area contributed by atoms with E-state index >= 15 is 0 Å². The minimum atomic E-state index is -1.65. The van der Waals surface area contributed by atoms with Crippen molar-refractivity contribution in [1.82, 2.24) is 0 Å². The minimum Gasteiger partial charge on any atom is -0.508 e. The number of hydrogen-bond acceptors (Lipinski definition) is 12. The highest BCUT2D eigenvalue weighted by atomic mass is 16.7. The molecule has 2 saturated heterocycles. The zero-order valence-corrected chi connectivity index (χ0v) is 22.2. The second-order valence-electron chi connectivity index (χ2n) is 10.3. The van der Waals surface area contributed by atoms with Gasteiger partial charge in [0.2, 0.25) is 0 Å². The number of fused-ring (bicyclic) bond motifs is 1. The highest BCUT2D eigenvalue weighted by Crippen LogP contribution is 2.35. The molecule has 2 fully saturated rings. The number of aldehydes is 1. The van der Waals surface area contributed by atoms with Crippen molar-refractivity contribution in [3.8, 4) is 5.75 Å². The van der Waals surface area contributed by atoms with Crippen LogP contribution in [0.15, 0.2) is 59.7 Å². The van der Waals surface area contributed by atoms with Gasteiger partial charge in [-0.3, -0.25) is 9.59 Å². The van der Waals surface area contributed by atoms with Crippen LogP contribution in [0, 0.1) is 5.92 Å². The number of aromatic hydroxyl groups is 1. The first-order valence-electron chi connectivity index (χ1n) is 13.2. The fraction of sp³-hybridized carbons (Fsp3) is 0.483. The molecule has 0 radical (unpaired) electrons. The maximum absolute atomic E-state index is 12.5. The number of allylic oxidation sites excluding steroid dienone is 1. The molecule has 4 rings (SSSR count). The van der Waals surface area contributed by atoms with Gasteiger partial charge in [0.05, 0.1) is 31.7 Å². The predicted octanol–water partition coefficient (Wildman–Crippen LogP) is -0.00360. The van der Waals surface area contributed by atoms with Crippen LogP contribution >= 0.6 is 0 Å². The van der Waals surface area contributed by atoms with Gasteiger partial charge in [-0.15, -0.1) is 0 Å². The molecule has 0 amide bonds. The Labute approximate surface area is 236 Å². The molecule has 12 heteroatoms. The second kappa shape index (κ2) is 13.5. The minimum absolute atomic E-state index is 0.0308. The molecule has 41 heavy (non-hydrogen) atoms. The molecule has 1 aromatic carbocycles. The van der Waals surface area contributed by atoms with Crippen molar-refractivity contribution >= 4 is 18.2 Å². The quantitative estimate of drug-likeness (QED) is 0.121. The summed E-state index contributed by atoms with van der Waals surface area (Å²) in [4.78, 5) is 36.1. The number of ether oxygens (including phenoxy) is 4. The summed E-state index contributed by atoms with van der Waals surface area (Å²) in [5.74, 6) is -2.14. The maximum atomic E-state index is 12.5. The third-order valence-corrected chi connectivity index (χ3v) is 7.35. The van der Waals surface area contributed by atoms with E-state index in [2.05, 4.69) is 6.58 Å². The molecule has 2 heterocycles. The molecule has 1 aliphatic carbocycles. The average Bonchev–Trinajstić information content (AvgIpc) is 3.23. The van der Waals surface area contributed by atoms with Crippen LogP contribution in [0.25, 0.3) is 0 Å². The van der Waals surface area contributed by atoms with Gasteiger partial charge in [-0.05, 0) is 47.8 Å². The third kappa shape index (κ3) is 7.28. The van der Waals surface area contributed by atoms with Crippen LogP contribution in [0.3, 0.4) is 0 Å². The lowest BCUT2D eigenvalue weighted by Crippen LogP contribution is -2.60. The van der Waals surface area contributed by atoms with Gasteiger partial charge in [0.1, 0.15) is 36.5 Å². The predicted molar refractivity (Wildman–Crippen MR) is 140 cm³/mol. The summed E-state index contributed by atoms with van der Waals surface area (Å²) < 4.78 is 22.1. The van der Waals surface area contributed by atoms with Crippen molar-refractivity contribution in [2.45, 2.75) is 68.6 Å². The van der Waals surface area contributed by atoms with Gasteiger partial charge >= 0.3 is 11.9 Å². The number of rotatable bonds is 8. The topological polar surface area (TPSA) is 189 Å². The Morgan fingerprint density at radius 3 is 2.56 bits per heavy atom. The summed E-state index contributed by atoms with van der Waals surface area (Å²) in [6.45, 7) is 2.93. The van der Waals surface area contributed by atoms with E-state index in [1.54, 1.807) is 12.2 Å². The van der Waals surface area contributed by atoms with Crippen molar-refractivity contribution in [3.63, 3.8) is 0 Å². The normalized spacial score (nSPS) is 34.8. The fourth-order valence-electron chi connectivity index (χ4n) is 5.12. The molecule has 0 aromatic heterocycles. The van der Waals surface area contributed by atoms with E-state index in [4.69, 9.17) is 18.9 Å². The van der Waals surface area contributed by atoms with Gasteiger partial charge in [0.25, 0.3) is 0 Å². The zero-order chi connectivity index (χ0) is 29.7. The van der Waals surface area contributed by atoms with E-state index in [-0.39, 0.29) is 30.8 Å². The van der Waals surface area contributed by atoms with Gasteiger partial charge in [0, 0.05) is 12.0 Å². The van der Waals surface area contributed by atoms with Crippen LogP contribution in [-0.4, -0.2) is 99.9 Å². The summed E-state index contributed by atoms with van der Waals surface area (Å²) in [6, 6.07) is 5.87. The molecule has 0 bridgehead atoms. The lowest BCUT2D eigenvalue weighted by atomic mass is 9.85. The van der Waals surface area contributed by atoms with E-state index in [9.17, 15) is 39.9 Å². The van der Waals surface area contributed by atoms with Crippen molar-refractivity contribution < 1.29 is 58.9 Å². The molecule has 5 unspecified atom stereocenters. The average molecular weight is 575 g/mol.